The monoisotopic (exact) mass is 272 g/mol. The minimum atomic E-state index is -0.382. The van der Waals surface area contributed by atoms with Crippen LogP contribution >= 0.6 is 12.4 Å². The average molecular weight is 273 g/mol. The van der Waals surface area contributed by atoms with E-state index in [1.807, 2.05) is 6.92 Å². The van der Waals surface area contributed by atoms with Crippen molar-refractivity contribution in [2.75, 3.05) is 18.4 Å². The van der Waals surface area contributed by atoms with E-state index in [-0.39, 0.29) is 35.7 Å². The maximum atomic E-state index is 13.5. The summed E-state index contributed by atoms with van der Waals surface area (Å²) in [6.45, 7) is 3.51. The van der Waals surface area contributed by atoms with Crippen molar-refractivity contribution in [1.82, 2.24) is 5.32 Å². The number of carbonyl (C=O) groups is 1. The first-order chi connectivity index (χ1) is 8.16. The lowest BCUT2D eigenvalue weighted by atomic mass is 9.98. The molecule has 0 bridgehead atoms. The molecule has 1 aromatic carbocycles. The van der Waals surface area contributed by atoms with Crippen LogP contribution < -0.4 is 10.6 Å². The van der Waals surface area contributed by atoms with Gasteiger partial charge in [-0.2, -0.15) is 0 Å². The average Bonchev–Trinajstić information content (AvgIpc) is 2.35. The van der Waals surface area contributed by atoms with E-state index < -0.39 is 0 Å². The van der Waals surface area contributed by atoms with E-state index in [1.54, 1.807) is 12.1 Å². The Hall–Kier alpha value is -1.13. The molecule has 0 saturated carbocycles. The molecule has 100 valence electrons. The number of anilines is 1. The lowest BCUT2D eigenvalue weighted by molar-refractivity contribution is -0.120. The van der Waals surface area contributed by atoms with Gasteiger partial charge in [-0.25, -0.2) is 4.39 Å². The van der Waals surface area contributed by atoms with Gasteiger partial charge >= 0.3 is 0 Å². The van der Waals surface area contributed by atoms with Crippen molar-refractivity contribution in [1.29, 1.82) is 0 Å². The number of piperidine rings is 1. The molecule has 18 heavy (non-hydrogen) atoms. The van der Waals surface area contributed by atoms with Crippen LogP contribution in [0.15, 0.2) is 18.2 Å². The highest BCUT2D eigenvalue weighted by Gasteiger charge is 2.21. The first-order valence-electron chi connectivity index (χ1n) is 5.94. The van der Waals surface area contributed by atoms with Crippen LogP contribution in [0.5, 0.6) is 0 Å². The summed E-state index contributed by atoms with van der Waals surface area (Å²) in [6.07, 6.45) is 1.86. The van der Waals surface area contributed by atoms with Crippen molar-refractivity contribution in [2.45, 2.75) is 19.8 Å². The number of hydrogen-bond acceptors (Lipinski definition) is 2. The molecule has 1 saturated heterocycles. The van der Waals surface area contributed by atoms with Crippen LogP contribution in [0.3, 0.4) is 0 Å². The van der Waals surface area contributed by atoms with Crippen LogP contribution in [0, 0.1) is 18.7 Å². The van der Waals surface area contributed by atoms with Gasteiger partial charge in [0.2, 0.25) is 5.91 Å². The molecule has 2 rings (SSSR count). The fourth-order valence-corrected chi connectivity index (χ4v) is 2.05. The maximum Gasteiger partial charge on any atom is 0.228 e. The van der Waals surface area contributed by atoms with Gasteiger partial charge in [-0.3, -0.25) is 4.79 Å². The Balaban J connectivity index is 0.00000162. The smallest absolute Gasteiger partial charge is 0.228 e. The molecule has 1 fully saturated rings. The molecule has 1 aliphatic rings. The first kappa shape index (κ1) is 14.9. The van der Waals surface area contributed by atoms with Gasteiger partial charge in [-0.05, 0) is 44.0 Å². The van der Waals surface area contributed by atoms with Crippen LogP contribution in [0.4, 0.5) is 10.1 Å². The fraction of sp³-hybridized carbons (Fsp3) is 0.462. The lowest BCUT2D eigenvalue weighted by Gasteiger charge is -2.22. The maximum absolute atomic E-state index is 13.5. The molecule has 1 atom stereocenters. The molecular formula is C13H18ClFN2O. The molecule has 0 spiro atoms. The standard InChI is InChI=1S/C13H17FN2O.ClH/c1-9-4-5-11(14)12(7-9)16-13(17)10-3-2-6-15-8-10;/h4-5,7,10,15H,2-3,6,8H2,1H3,(H,16,17);1H. The largest absolute Gasteiger partial charge is 0.323 e. The van der Waals surface area contributed by atoms with E-state index >= 15 is 0 Å². The van der Waals surface area contributed by atoms with E-state index in [0.717, 1.165) is 24.9 Å². The molecular weight excluding hydrogens is 255 g/mol. The van der Waals surface area contributed by atoms with Crippen molar-refractivity contribution in [3.63, 3.8) is 0 Å². The minimum Gasteiger partial charge on any atom is -0.323 e. The Morgan fingerprint density at radius 2 is 2.28 bits per heavy atom. The summed E-state index contributed by atoms with van der Waals surface area (Å²) < 4.78 is 13.5. The van der Waals surface area contributed by atoms with Crippen LogP contribution in [0.25, 0.3) is 0 Å². The SMILES string of the molecule is Cc1ccc(F)c(NC(=O)C2CCCNC2)c1.Cl. The number of halogens is 2. The molecule has 1 amide bonds. The fourth-order valence-electron chi connectivity index (χ4n) is 2.05. The second kappa shape index (κ2) is 6.71. The zero-order chi connectivity index (χ0) is 12.3. The summed E-state index contributed by atoms with van der Waals surface area (Å²) in [5, 5.41) is 5.84. The van der Waals surface area contributed by atoms with Crippen molar-refractivity contribution in [2.24, 2.45) is 5.92 Å². The Labute approximate surface area is 113 Å². The predicted molar refractivity (Wildman–Crippen MR) is 72.6 cm³/mol. The molecule has 0 aliphatic carbocycles. The number of hydrogen-bond donors (Lipinski definition) is 2. The summed E-state index contributed by atoms with van der Waals surface area (Å²) >= 11 is 0. The normalized spacial score (nSPS) is 18.9. The summed E-state index contributed by atoms with van der Waals surface area (Å²) in [5.74, 6) is -0.530. The Morgan fingerprint density at radius 3 is 2.94 bits per heavy atom. The number of amides is 1. The third-order valence-electron chi connectivity index (χ3n) is 3.05. The van der Waals surface area contributed by atoms with E-state index in [1.165, 1.54) is 6.07 Å². The lowest BCUT2D eigenvalue weighted by Crippen LogP contribution is -2.37. The van der Waals surface area contributed by atoms with Gasteiger partial charge in [0.1, 0.15) is 5.82 Å². The minimum absolute atomic E-state index is 0. The number of benzene rings is 1. The second-order valence-corrected chi connectivity index (χ2v) is 4.52. The molecule has 5 heteroatoms. The number of rotatable bonds is 2. The van der Waals surface area contributed by atoms with Gasteiger partial charge in [-0.15, -0.1) is 12.4 Å². The van der Waals surface area contributed by atoms with Crippen molar-refractivity contribution in [3.05, 3.63) is 29.6 Å². The van der Waals surface area contributed by atoms with Crippen LogP contribution in [-0.2, 0) is 4.79 Å². The predicted octanol–water partition coefficient (Wildman–Crippen LogP) is 2.49. The van der Waals surface area contributed by atoms with E-state index in [9.17, 15) is 9.18 Å². The van der Waals surface area contributed by atoms with E-state index in [2.05, 4.69) is 10.6 Å². The molecule has 0 radical (unpaired) electrons. The van der Waals surface area contributed by atoms with Crippen LogP contribution in [-0.4, -0.2) is 19.0 Å². The van der Waals surface area contributed by atoms with Crippen LogP contribution in [0.1, 0.15) is 18.4 Å². The zero-order valence-corrected chi connectivity index (χ0v) is 11.1. The summed E-state index contributed by atoms with van der Waals surface area (Å²) in [7, 11) is 0. The van der Waals surface area contributed by atoms with Gasteiger partial charge in [-0.1, -0.05) is 6.07 Å². The Bertz CT molecular complexity index is 419. The van der Waals surface area contributed by atoms with Gasteiger partial charge in [0, 0.05) is 6.54 Å². The Morgan fingerprint density at radius 1 is 1.50 bits per heavy atom. The van der Waals surface area contributed by atoms with Gasteiger partial charge in [0.05, 0.1) is 11.6 Å². The molecule has 0 aromatic heterocycles. The van der Waals surface area contributed by atoms with E-state index in [4.69, 9.17) is 0 Å². The zero-order valence-electron chi connectivity index (χ0n) is 10.3. The van der Waals surface area contributed by atoms with Gasteiger partial charge in [0.15, 0.2) is 0 Å². The first-order valence-corrected chi connectivity index (χ1v) is 5.94. The van der Waals surface area contributed by atoms with E-state index in [0.29, 0.717) is 6.54 Å². The highest BCUT2D eigenvalue weighted by molar-refractivity contribution is 5.93. The van der Waals surface area contributed by atoms with Gasteiger partial charge in [0.25, 0.3) is 0 Å². The molecule has 1 heterocycles. The number of nitrogens with one attached hydrogen (secondary N) is 2. The Kier molecular flexibility index (Phi) is 5.56. The highest BCUT2D eigenvalue weighted by atomic mass is 35.5. The van der Waals surface area contributed by atoms with Crippen molar-refractivity contribution < 1.29 is 9.18 Å². The summed E-state index contributed by atoms with van der Waals surface area (Å²) in [6, 6.07) is 4.72. The molecule has 3 nitrogen and oxygen atoms in total. The molecule has 1 aliphatic heterocycles. The summed E-state index contributed by atoms with van der Waals surface area (Å²) in [5.41, 5.74) is 1.21. The second-order valence-electron chi connectivity index (χ2n) is 4.52. The molecule has 2 N–H and O–H groups in total. The third-order valence-corrected chi connectivity index (χ3v) is 3.05. The number of carbonyl (C=O) groups excluding carboxylic acids is 1. The van der Waals surface area contributed by atoms with Crippen LogP contribution in [0.2, 0.25) is 0 Å². The third kappa shape index (κ3) is 3.68. The quantitative estimate of drug-likeness (QED) is 0.869. The summed E-state index contributed by atoms with van der Waals surface area (Å²) in [4.78, 5) is 11.9. The number of aryl methyl sites for hydroxylation is 1. The molecule has 1 unspecified atom stereocenters. The van der Waals surface area contributed by atoms with Gasteiger partial charge < -0.3 is 10.6 Å². The highest BCUT2D eigenvalue weighted by Crippen LogP contribution is 2.18. The van der Waals surface area contributed by atoms with Crippen molar-refractivity contribution in [3.8, 4) is 0 Å². The molecule has 1 aromatic rings. The topological polar surface area (TPSA) is 41.1 Å². The van der Waals surface area contributed by atoms with Crippen molar-refractivity contribution >= 4 is 24.0 Å².